The van der Waals surface area contributed by atoms with Gasteiger partial charge in [0.25, 0.3) is 5.91 Å². The lowest BCUT2D eigenvalue weighted by atomic mass is 10.1. The number of carbonyl (C=O) groups is 1. The number of halogens is 2. The van der Waals surface area contributed by atoms with Gasteiger partial charge in [0, 0.05) is 11.8 Å². The highest BCUT2D eigenvalue weighted by Crippen LogP contribution is 2.20. The van der Waals surface area contributed by atoms with Gasteiger partial charge in [-0.05, 0) is 30.2 Å². The summed E-state index contributed by atoms with van der Waals surface area (Å²) >= 11 is 0. The lowest BCUT2D eigenvalue weighted by molar-refractivity contribution is 0.102. The van der Waals surface area contributed by atoms with Crippen LogP contribution in [0.3, 0.4) is 0 Å². The van der Waals surface area contributed by atoms with Crippen molar-refractivity contribution in [1.82, 2.24) is 9.97 Å². The molecule has 0 aliphatic carbocycles. The topological polar surface area (TPSA) is 66.9 Å². The first-order chi connectivity index (χ1) is 12.6. The highest BCUT2D eigenvalue weighted by molar-refractivity contribution is 6.02. The summed E-state index contributed by atoms with van der Waals surface area (Å²) in [5.74, 6) is -1.73. The van der Waals surface area contributed by atoms with Crippen LogP contribution < -0.4 is 10.6 Å². The average Bonchev–Trinajstić information content (AvgIpc) is 2.65. The molecule has 5 nitrogen and oxygen atoms in total. The zero-order chi connectivity index (χ0) is 18.5. The number of anilines is 3. The van der Waals surface area contributed by atoms with Crippen molar-refractivity contribution in [2.24, 2.45) is 0 Å². The third kappa shape index (κ3) is 4.00. The summed E-state index contributed by atoms with van der Waals surface area (Å²) in [6.07, 6.45) is 3.57. The van der Waals surface area contributed by atoms with Gasteiger partial charge in [-0.25, -0.2) is 18.7 Å². The molecule has 0 unspecified atom stereocenters. The van der Waals surface area contributed by atoms with Gasteiger partial charge in [0.1, 0.15) is 23.1 Å². The van der Waals surface area contributed by atoms with Crippen LogP contribution in [-0.4, -0.2) is 15.9 Å². The van der Waals surface area contributed by atoms with Crippen molar-refractivity contribution in [2.75, 3.05) is 10.6 Å². The number of rotatable bonds is 5. The molecule has 1 amide bonds. The monoisotopic (exact) mass is 354 g/mol. The number of aryl methyl sites for hydroxylation is 1. The number of carbonyl (C=O) groups excluding carboxylic acids is 1. The molecule has 0 aliphatic rings. The Morgan fingerprint density at radius 1 is 1.04 bits per heavy atom. The van der Waals surface area contributed by atoms with Crippen molar-refractivity contribution in [2.45, 2.75) is 13.3 Å². The molecule has 0 aliphatic heterocycles. The molecule has 26 heavy (non-hydrogen) atoms. The second-order valence-electron chi connectivity index (χ2n) is 5.50. The zero-order valence-corrected chi connectivity index (χ0v) is 14.0. The Bertz CT molecular complexity index is 929. The highest BCUT2D eigenvalue weighted by Gasteiger charge is 2.12. The van der Waals surface area contributed by atoms with Gasteiger partial charge in [-0.3, -0.25) is 4.79 Å². The molecular weight excluding hydrogens is 338 g/mol. The summed E-state index contributed by atoms with van der Waals surface area (Å²) in [5, 5.41) is 5.49. The molecule has 3 rings (SSSR count). The maximum Gasteiger partial charge on any atom is 0.275 e. The highest BCUT2D eigenvalue weighted by atomic mass is 19.1. The fourth-order valence-corrected chi connectivity index (χ4v) is 2.38. The average molecular weight is 354 g/mol. The van der Waals surface area contributed by atoms with E-state index in [1.165, 1.54) is 12.4 Å². The Hall–Kier alpha value is -3.35. The van der Waals surface area contributed by atoms with Gasteiger partial charge in [-0.15, -0.1) is 0 Å². The number of benzene rings is 2. The van der Waals surface area contributed by atoms with E-state index in [1.807, 2.05) is 31.2 Å². The van der Waals surface area contributed by atoms with E-state index in [2.05, 4.69) is 20.6 Å². The predicted molar refractivity (Wildman–Crippen MR) is 95.4 cm³/mol. The van der Waals surface area contributed by atoms with E-state index in [9.17, 15) is 13.6 Å². The van der Waals surface area contributed by atoms with Crippen molar-refractivity contribution >= 4 is 23.1 Å². The second-order valence-corrected chi connectivity index (χ2v) is 5.50. The van der Waals surface area contributed by atoms with E-state index >= 15 is 0 Å². The molecule has 0 fully saturated rings. The number of hydrogen-bond acceptors (Lipinski definition) is 4. The number of aromatic nitrogens is 2. The van der Waals surface area contributed by atoms with Gasteiger partial charge in [-0.1, -0.05) is 25.1 Å². The van der Waals surface area contributed by atoms with Gasteiger partial charge in [-0.2, -0.15) is 0 Å². The van der Waals surface area contributed by atoms with Crippen molar-refractivity contribution in [3.63, 3.8) is 0 Å². The van der Waals surface area contributed by atoms with E-state index in [4.69, 9.17) is 0 Å². The minimum atomic E-state index is -0.860. The van der Waals surface area contributed by atoms with Gasteiger partial charge in [0.2, 0.25) is 0 Å². The van der Waals surface area contributed by atoms with Crippen LogP contribution in [0.5, 0.6) is 0 Å². The molecule has 0 atom stereocenters. The predicted octanol–water partition coefficient (Wildman–Crippen LogP) is 4.31. The summed E-state index contributed by atoms with van der Waals surface area (Å²) in [7, 11) is 0. The first-order valence-corrected chi connectivity index (χ1v) is 8.00. The molecule has 0 spiro atoms. The number of nitrogens with zero attached hydrogens (tertiary/aromatic N) is 2. The van der Waals surface area contributed by atoms with Crippen LogP contribution in [0.2, 0.25) is 0 Å². The van der Waals surface area contributed by atoms with Crippen LogP contribution in [0.15, 0.2) is 54.9 Å². The molecule has 7 heteroatoms. The van der Waals surface area contributed by atoms with Crippen molar-refractivity contribution < 1.29 is 13.6 Å². The van der Waals surface area contributed by atoms with E-state index in [0.717, 1.165) is 29.8 Å². The summed E-state index contributed by atoms with van der Waals surface area (Å²) in [6, 6.07) is 10.7. The molecule has 1 heterocycles. The van der Waals surface area contributed by atoms with E-state index < -0.39 is 17.5 Å². The lowest BCUT2D eigenvalue weighted by Gasteiger charge is -2.10. The Morgan fingerprint density at radius 3 is 2.54 bits per heavy atom. The first kappa shape index (κ1) is 17.5. The van der Waals surface area contributed by atoms with Crippen LogP contribution >= 0.6 is 0 Å². The zero-order valence-electron chi connectivity index (χ0n) is 14.0. The van der Waals surface area contributed by atoms with Gasteiger partial charge >= 0.3 is 0 Å². The SMILES string of the molecule is CCc1ccccc1Nc1cnc(C(=O)Nc2ccc(F)cc2F)cn1. The van der Waals surface area contributed by atoms with E-state index in [1.54, 1.807) is 0 Å². The van der Waals surface area contributed by atoms with E-state index in [-0.39, 0.29) is 11.4 Å². The number of hydrogen-bond donors (Lipinski definition) is 2. The van der Waals surface area contributed by atoms with Crippen molar-refractivity contribution in [1.29, 1.82) is 0 Å². The largest absolute Gasteiger partial charge is 0.339 e. The number of amides is 1. The normalized spacial score (nSPS) is 10.4. The van der Waals surface area contributed by atoms with Crippen LogP contribution in [-0.2, 0) is 6.42 Å². The molecule has 0 radical (unpaired) electrons. The van der Waals surface area contributed by atoms with Crippen LogP contribution in [0.25, 0.3) is 0 Å². The summed E-state index contributed by atoms with van der Waals surface area (Å²) < 4.78 is 26.5. The summed E-state index contributed by atoms with van der Waals surface area (Å²) in [5.41, 5.74) is 1.93. The van der Waals surface area contributed by atoms with Gasteiger partial charge < -0.3 is 10.6 Å². The van der Waals surface area contributed by atoms with Crippen molar-refractivity contribution in [3.8, 4) is 0 Å². The minimum absolute atomic E-state index is 0.0167. The third-order valence-electron chi connectivity index (χ3n) is 3.72. The van der Waals surface area contributed by atoms with Crippen LogP contribution in [0, 0.1) is 11.6 Å². The molecule has 0 bridgehead atoms. The lowest BCUT2D eigenvalue weighted by Crippen LogP contribution is -2.15. The first-order valence-electron chi connectivity index (χ1n) is 8.00. The minimum Gasteiger partial charge on any atom is -0.339 e. The molecule has 132 valence electrons. The molecule has 1 aromatic heterocycles. The molecule has 3 aromatic rings. The maximum atomic E-state index is 13.6. The Labute approximate surface area is 149 Å². The van der Waals surface area contributed by atoms with Crippen LogP contribution in [0.1, 0.15) is 23.0 Å². The molecule has 0 saturated heterocycles. The van der Waals surface area contributed by atoms with Crippen LogP contribution in [0.4, 0.5) is 26.0 Å². The molecule has 2 aromatic carbocycles. The Morgan fingerprint density at radius 2 is 1.85 bits per heavy atom. The standard InChI is InChI=1S/C19H16F2N4O/c1-2-12-5-3-4-6-15(12)24-18-11-22-17(10-23-18)19(26)25-16-8-7-13(20)9-14(16)21/h3-11H,2H2,1H3,(H,23,24)(H,25,26). The number of para-hydroxylation sites is 1. The van der Waals surface area contributed by atoms with E-state index in [0.29, 0.717) is 11.9 Å². The maximum absolute atomic E-state index is 13.6. The Balaban J connectivity index is 1.71. The smallest absolute Gasteiger partial charge is 0.275 e. The van der Waals surface area contributed by atoms with Crippen molar-refractivity contribution in [3.05, 3.63) is 77.8 Å². The third-order valence-corrected chi connectivity index (χ3v) is 3.72. The van der Waals surface area contributed by atoms with Gasteiger partial charge in [0.15, 0.2) is 0 Å². The fraction of sp³-hybridized carbons (Fsp3) is 0.105. The quantitative estimate of drug-likeness (QED) is 0.716. The molecule has 0 saturated carbocycles. The van der Waals surface area contributed by atoms with Gasteiger partial charge in [0.05, 0.1) is 18.1 Å². The number of nitrogens with one attached hydrogen (secondary N) is 2. The summed E-state index contributed by atoms with van der Waals surface area (Å²) in [6.45, 7) is 2.05. The summed E-state index contributed by atoms with van der Waals surface area (Å²) in [4.78, 5) is 20.3. The Kier molecular flexibility index (Phi) is 5.17. The fourth-order valence-electron chi connectivity index (χ4n) is 2.38. The second kappa shape index (κ2) is 7.69. The molecular formula is C19H16F2N4O. The molecule has 2 N–H and O–H groups in total.